The van der Waals surface area contributed by atoms with E-state index in [0.717, 1.165) is 16.8 Å². The molecule has 0 aliphatic heterocycles. The van der Waals surface area contributed by atoms with Crippen molar-refractivity contribution in [1.82, 2.24) is 0 Å². The van der Waals surface area contributed by atoms with Gasteiger partial charge in [-0.15, -0.1) is 0 Å². The lowest BCUT2D eigenvalue weighted by molar-refractivity contribution is -0.123. The summed E-state index contributed by atoms with van der Waals surface area (Å²) in [4.78, 5) is 26.9. The van der Waals surface area contributed by atoms with E-state index in [2.05, 4.69) is 5.32 Å². The lowest BCUT2D eigenvalue weighted by Crippen LogP contribution is -2.30. The minimum absolute atomic E-state index is 0.383. The highest BCUT2D eigenvalue weighted by molar-refractivity contribution is 6.00. The third kappa shape index (κ3) is 5.02. The fraction of sp³-hybridized carbons (Fsp3) is 0.167. The van der Waals surface area contributed by atoms with Crippen LogP contribution in [-0.4, -0.2) is 32.1 Å². The van der Waals surface area contributed by atoms with Crippen molar-refractivity contribution in [3.63, 3.8) is 0 Å². The third-order valence-electron chi connectivity index (χ3n) is 4.54. The average molecular weight is 388 g/mol. The molecule has 148 valence electrons. The van der Waals surface area contributed by atoms with Gasteiger partial charge >= 0.3 is 5.97 Å². The SMILES string of the molecule is C[C@H](OC(=O)c1ccc(N(C)C)cc1)C(=O)Nc1ccccc1-c1ccccc1. The molecule has 0 aliphatic rings. The zero-order valence-corrected chi connectivity index (χ0v) is 16.8. The quantitative estimate of drug-likeness (QED) is 0.627. The Bertz CT molecular complexity index is 983. The molecular weight excluding hydrogens is 364 g/mol. The summed E-state index contributed by atoms with van der Waals surface area (Å²) in [5.74, 6) is -0.916. The number of ether oxygens (including phenoxy) is 1. The van der Waals surface area contributed by atoms with Crippen molar-refractivity contribution in [3.05, 3.63) is 84.4 Å². The van der Waals surface area contributed by atoms with Gasteiger partial charge in [-0.25, -0.2) is 4.79 Å². The number of anilines is 2. The van der Waals surface area contributed by atoms with Crippen LogP contribution in [0, 0.1) is 0 Å². The number of para-hydroxylation sites is 1. The topological polar surface area (TPSA) is 58.6 Å². The molecule has 0 saturated heterocycles. The van der Waals surface area contributed by atoms with Crippen LogP contribution < -0.4 is 10.2 Å². The van der Waals surface area contributed by atoms with Crippen LogP contribution in [0.4, 0.5) is 11.4 Å². The first kappa shape index (κ1) is 20.1. The van der Waals surface area contributed by atoms with E-state index in [1.165, 1.54) is 0 Å². The number of esters is 1. The summed E-state index contributed by atoms with van der Waals surface area (Å²) in [5.41, 5.74) is 3.94. The van der Waals surface area contributed by atoms with Gasteiger partial charge in [-0.05, 0) is 42.8 Å². The molecule has 0 radical (unpaired) electrons. The molecule has 1 amide bonds. The van der Waals surface area contributed by atoms with E-state index in [1.54, 1.807) is 19.1 Å². The first-order valence-electron chi connectivity index (χ1n) is 9.39. The Morgan fingerprint density at radius 2 is 1.48 bits per heavy atom. The number of carbonyl (C=O) groups is 2. The van der Waals surface area contributed by atoms with Gasteiger partial charge in [0.2, 0.25) is 0 Å². The summed E-state index contributed by atoms with van der Waals surface area (Å²) >= 11 is 0. The molecular formula is C24H24N2O3. The van der Waals surface area contributed by atoms with E-state index < -0.39 is 12.1 Å². The maximum atomic E-state index is 12.6. The summed E-state index contributed by atoms with van der Waals surface area (Å²) < 4.78 is 5.35. The number of nitrogens with zero attached hydrogens (tertiary/aromatic N) is 1. The van der Waals surface area contributed by atoms with Crippen molar-refractivity contribution < 1.29 is 14.3 Å². The van der Waals surface area contributed by atoms with E-state index in [4.69, 9.17) is 4.74 Å². The standard InChI is InChI=1S/C24H24N2O3/c1-17(29-24(28)19-13-15-20(16-14-19)26(2)3)23(27)25-22-12-8-7-11-21(22)18-9-5-4-6-10-18/h4-17H,1-3H3,(H,25,27)/t17-/m0/s1. The van der Waals surface area contributed by atoms with Crippen LogP contribution in [0.15, 0.2) is 78.9 Å². The Balaban J connectivity index is 1.68. The summed E-state index contributed by atoms with van der Waals surface area (Å²) in [6, 6.07) is 24.4. The Labute approximate surface area is 170 Å². The van der Waals surface area contributed by atoms with Crippen molar-refractivity contribution in [2.24, 2.45) is 0 Å². The summed E-state index contributed by atoms with van der Waals surface area (Å²) in [5, 5.41) is 2.87. The van der Waals surface area contributed by atoms with Gasteiger partial charge in [0, 0.05) is 31.0 Å². The maximum Gasteiger partial charge on any atom is 0.338 e. The van der Waals surface area contributed by atoms with Crippen molar-refractivity contribution in [2.45, 2.75) is 13.0 Å². The van der Waals surface area contributed by atoms with Gasteiger partial charge in [-0.3, -0.25) is 4.79 Å². The minimum atomic E-state index is -0.931. The van der Waals surface area contributed by atoms with Crippen LogP contribution in [0.3, 0.4) is 0 Å². The van der Waals surface area contributed by atoms with Crippen LogP contribution in [0.2, 0.25) is 0 Å². The van der Waals surface area contributed by atoms with E-state index in [1.807, 2.05) is 85.7 Å². The van der Waals surface area contributed by atoms with Gasteiger partial charge in [0.05, 0.1) is 5.56 Å². The number of amides is 1. The smallest absolute Gasteiger partial charge is 0.338 e. The Morgan fingerprint density at radius 3 is 2.14 bits per heavy atom. The van der Waals surface area contributed by atoms with Crippen molar-refractivity contribution in [1.29, 1.82) is 0 Å². The molecule has 29 heavy (non-hydrogen) atoms. The monoisotopic (exact) mass is 388 g/mol. The van der Waals surface area contributed by atoms with Gasteiger partial charge < -0.3 is 15.0 Å². The zero-order chi connectivity index (χ0) is 20.8. The molecule has 0 bridgehead atoms. The minimum Gasteiger partial charge on any atom is -0.449 e. The second kappa shape index (κ2) is 9.06. The van der Waals surface area contributed by atoms with Crippen molar-refractivity contribution >= 4 is 23.3 Å². The van der Waals surface area contributed by atoms with E-state index in [-0.39, 0.29) is 5.91 Å². The first-order chi connectivity index (χ1) is 14.0. The number of hydrogen-bond donors (Lipinski definition) is 1. The number of carbonyl (C=O) groups excluding carboxylic acids is 2. The van der Waals surface area contributed by atoms with E-state index in [0.29, 0.717) is 11.3 Å². The van der Waals surface area contributed by atoms with Crippen LogP contribution in [0.1, 0.15) is 17.3 Å². The fourth-order valence-electron chi connectivity index (χ4n) is 2.87. The van der Waals surface area contributed by atoms with Crippen LogP contribution in [0.5, 0.6) is 0 Å². The van der Waals surface area contributed by atoms with Crippen LogP contribution in [0.25, 0.3) is 11.1 Å². The van der Waals surface area contributed by atoms with E-state index in [9.17, 15) is 9.59 Å². The molecule has 0 saturated carbocycles. The highest BCUT2D eigenvalue weighted by Crippen LogP contribution is 2.27. The predicted octanol–water partition coefficient (Wildman–Crippen LogP) is 4.60. The van der Waals surface area contributed by atoms with Crippen molar-refractivity contribution in [2.75, 3.05) is 24.3 Å². The highest BCUT2D eigenvalue weighted by atomic mass is 16.5. The summed E-state index contributed by atoms with van der Waals surface area (Å²) in [6.07, 6.45) is -0.931. The normalized spacial score (nSPS) is 11.4. The van der Waals surface area contributed by atoms with Gasteiger partial charge in [0.1, 0.15) is 0 Å². The maximum absolute atomic E-state index is 12.6. The number of hydrogen-bond acceptors (Lipinski definition) is 4. The molecule has 3 aromatic carbocycles. The van der Waals surface area contributed by atoms with Crippen LogP contribution in [-0.2, 0) is 9.53 Å². The number of nitrogens with one attached hydrogen (secondary N) is 1. The third-order valence-corrected chi connectivity index (χ3v) is 4.54. The van der Waals surface area contributed by atoms with E-state index >= 15 is 0 Å². The molecule has 0 spiro atoms. The summed E-state index contributed by atoms with van der Waals surface area (Å²) in [6.45, 7) is 1.56. The van der Waals surface area contributed by atoms with Crippen molar-refractivity contribution in [3.8, 4) is 11.1 Å². The second-order valence-corrected chi connectivity index (χ2v) is 6.89. The molecule has 1 atom stereocenters. The van der Waals surface area contributed by atoms with Gasteiger partial charge in [0.25, 0.3) is 5.91 Å². The molecule has 3 aromatic rings. The lowest BCUT2D eigenvalue weighted by atomic mass is 10.0. The van der Waals surface area contributed by atoms with Gasteiger partial charge in [-0.2, -0.15) is 0 Å². The molecule has 0 heterocycles. The molecule has 0 aromatic heterocycles. The largest absolute Gasteiger partial charge is 0.449 e. The highest BCUT2D eigenvalue weighted by Gasteiger charge is 2.20. The second-order valence-electron chi connectivity index (χ2n) is 6.89. The molecule has 0 unspecified atom stereocenters. The first-order valence-corrected chi connectivity index (χ1v) is 9.39. The zero-order valence-electron chi connectivity index (χ0n) is 16.8. The van der Waals surface area contributed by atoms with Gasteiger partial charge in [-0.1, -0.05) is 48.5 Å². The average Bonchev–Trinajstić information content (AvgIpc) is 2.74. The molecule has 5 heteroatoms. The molecule has 0 fully saturated rings. The predicted molar refractivity (Wildman–Crippen MR) is 116 cm³/mol. The Kier molecular flexibility index (Phi) is 6.29. The molecule has 3 rings (SSSR count). The summed E-state index contributed by atoms with van der Waals surface area (Å²) in [7, 11) is 3.85. The Morgan fingerprint density at radius 1 is 0.862 bits per heavy atom. The number of rotatable bonds is 6. The fourth-order valence-corrected chi connectivity index (χ4v) is 2.87. The van der Waals surface area contributed by atoms with Crippen LogP contribution >= 0.6 is 0 Å². The van der Waals surface area contributed by atoms with Gasteiger partial charge in [0.15, 0.2) is 6.10 Å². The lowest BCUT2D eigenvalue weighted by Gasteiger charge is -2.16. The molecule has 0 aliphatic carbocycles. The number of benzene rings is 3. The molecule has 1 N–H and O–H groups in total. The molecule has 5 nitrogen and oxygen atoms in total. The Hall–Kier alpha value is -3.60.